The number of rotatable bonds is 5. The molecule has 1 atom stereocenters. The summed E-state index contributed by atoms with van der Waals surface area (Å²) in [5, 5.41) is 3.46. The Morgan fingerprint density at radius 2 is 2.39 bits per heavy atom. The summed E-state index contributed by atoms with van der Waals surface area (Å²) in [6.45, 7) is 3.10. The molecule has 0 saturated carbocycles. The molecule has 0 aliphatic heterocycles. The standard InChI is InChI=1S/C15H20N2O/c1-11(18)2-3-12-4-6-14-13(10-12)5-7-15(14)17-9-8-16/h2-4,6,10,15,17H,5,7-9,16H2,1H3/b3-2+. The van der Waals surface area contributed by atoms with Gasteiger partial charge >= 0.3 is 0 Å². The molecule has 0 fully saturated rings. The smallest absolute Gasteiger partial charge is 0.152 e. The van der Waals surface area contributed by atoms with Gasteiger partial charge in [0, 0.05) is 19.1 Å². The summed E-state index contributed by atoms with van der Waals surface area (Å²) in [5.74, 6) is 0.0815. The molecule has 18 heavy (non-hydrogen) atoms. The maximum Gasteiger partial charge on any atom is 0.152 e. The first kappa shape index (κ1) is 13.0. The van der Waals surface area contributed by atoms with Crippen molar-refractivity contribution >= 4 is 11.9 Å². The van der Waals surface area contributed by atoms with Gasteiger partial charge in [-0.3, -0.25) is 4.79 Å². The number of nitrogens with two attached hydrogens (primary N) is 1. The van der Waals surface area contributed by atoms with Crippen LogP contribution in [0.2, 0.25) is 0 Å². The summed E-state index contributed by atoms with van der Waals surface area (Å²) in [4.78, 5) is 10.9. The number of hydrogen-bond donors (Lipinski definition) is 2. The van der Waals surface area contributed by atoms with E-state index in [1.807, 2.05) is 6.08 Å². The van der Waals surface area contributed by atoms with Gasteiger partial charge in [0.2, 0.25) is 0 Å². The van der Waals surface area contributed by atoms with Gasteiger partial charge in [0.1, 0.15) is 0 Å². The van der Waals surface area contributed by atoms with E-state index < -0.39 is 0 Å². The molecule has 0 bridgehead atoms. The molecule has 1 aliphatic carbocycles. The van der Waals surface area contributed by atoms with Crippen LogP contribution in [0.1, 0.15) is 36.1 Å². The molecule has 0 saturated heterocycles. The Morgan fingerprint density at radius 3 is 3.11 bits per heavy atom. The molecule has 96 valence electrons. The van der Waals surface area contributed by atoms with E-state index in [2.05, 4.69) is 23.5 Å². The molecule has 0 spiro atoms. The summed E-state index contributed by atoms with van der Waals surface area (Å²) in [5.41, 5.74) is 9.38. The van der Waals surface area contributed by atoms with Crippen molar-refractivity contribution in [2.45, 2.75) is 25.8 Å². The number of benzene rings is 1. The third kappa shape index (κ3) is 3.06. The molecule has 0 aromatic heterocycles. The maximum atomic E-state index is 10.9. The van der Waals surface area contributed by atoms with E-state index in [0.717, 1.165) is 24.9 Å². The van der Waals surface area contributed by atoms with Crippen molar-refractivity contribution in [3.8, 4) is 0 Å². The average Bonchev–Trinajstić information content (AvgIpc) is 2.76. The zero-order valence-electron chi connectivity index (χ0n) is 10.8. The Kier molecular flexibility index (Phi) is 4.28. The van der Waals surface area contributed by atoms with Gasteiger partial charge in [-0.1, -0.05) is 24.3 Å². The fraction of sp³-hybridized carbons (Fsp3) is 0.400. The quantitative estimate of drug-likeness (QED) is 0.777. The number of aryl methyl sites for hydroxylation is 1. The van der Waals surface area contributed by atoms with Crippen LogP contribution in [0.5, 0.6) is 0 Å². The van der Waals surface area contributed by atoms with Crippen LogP contribution in [-0.2, 0) is 11.2 Å². The third-order valence-corrected chi connectivity index (χ3v) is 3.29. The number of nitrogens with one attached hydrogen (secondary N) is 1. The van der Waals surface area contributed by atoms with E-state index >= 15 is 0 Å². The second kappa shape index (κ2) is 5.94. The number of ketones is 1. The zero-order chi connectivity index (χ0) is 13.0. The molecule has 1 unspecified atom stereocenters. The Balaban J connectivity index is 2.12. The second-order valence-electron chi connectivity index (χ2n) is 4.74. The number of hydrogen-bond acceptors (Lipinski definition) is 3. The Hall–Kier alpha value is -1.45. The van der Waals surface area contributed by atoms with Crippen LogP contribution in [0.3, 0.4) is 0 Å². The molecule has 0 heterocycles. The van der Waals surface area contributed by atoms with Gasteiger partial charge in [0.15, 0.2) is 5.78 Å². The SMILES string of the molecule is CC(=O)/C=C/c1ccc2c(c1)CCC2NCCN. The van der Waals surface area contributed by atoms with Gasteiger partial charge in [0.25, 0.3) is 0 Å². The molecule has 3 heteroatoms. The summed E-state index contributed by atoms with van der Waals surface area (Å²) in [6.07, 6.45) is 5.72. The van der Waals surface area contributed by atoms with Crippen molar-refractivity contribution in [3.05, 3.63) is 41.0 Å². The molecule has 2 rings (SSSR count). The molecule has 1 aliphatic rings. The lowest BCUT2D eigenvalue weighted by Gasteiger charge is -2.13. The van der Waals surface area contributed by atoms with Crippen LogP contribution in [0.4, 0.5) is 0 Å². The number of carbonyl (C=O) groups is 1. The Morgan fingerprint density at radius 1 is 1.56 bits per heavy atom. The van der Waals surface area contributed by atoms with Crippen molar-refractivity contribution in [3.63, 3.8) is 0 Å². The molecular weight excluding hydrogens is 224 g/mol. The van der Waals surface area contributed by atoms with Gasteiger partial charge in [0.05, 0.1) is 0 Å². The molecule has 3 nitrogen and oxygen atoms in total. The topological polar surface area (TPSA) is 55.1 Å². The lowest BCUT2D eigenvalue weighted by molar-refractivity contribution is -0.112. The molecule has 0 amide bonds. The highest BCUT2D eigenvalue weighted by Crippen LogP contribution is 2.31. The zero-order valence-corrected chi connectivity index (χ0v) is 10.8. The van der Waals surface area contributed by atoms with E-state index in [9.17, 15) is 4.79 Å². The van der Waals surface area contributed by atoms with Crippen molar-refractivity contribution < 1.29 is 4.79 Å². The van der Waals surface area contributed by atoms with Gasteiger partial charge in [-0.15, -0.1) is 0 Å². The predicted octanol–water partition coefficient (Wildman–Crippen LogP) is 1.82. The van der Waals surface area contributed by atoms with Crippen LogP contribution in [0, 0.1) is 0 Å². The molecule has 1 aromatic carbocycles. The molecular formula is C15H20N2O. The highest BCUT2D eigenvalue weighted by atomic mass is 16.1. The highest BCUT2D eigenvalue weighted by Gasteiger charge is 2.21. The minimum atomic E-state index is 0.0815. The van der Waals surface area contributed by atoms with Crippen LogP contribution < -0.4 is 11.1 Å². The fourth-order valence-corrected chi connectivity index (χ4v) is 2.42. The monoisotopic (exact) mass is 244 g/mol. The minimum Gasteiger partial charge on any atom is -0.329 e. The molecule has 0 radical (unpaired) electrons. The average molecular weight is 244 g/mol. The van der Waals surface area contributed by atoms with Gasteiger partial charge < -0.3 is 11.1 Å². The summed E-state index contributed by atoms with van der Waals surface area (Å²) in [7, 11) is 0. The van der Waals surface area contributed by atoms with Crippen molar-refractivity contribution in [1.29, 1.82) is 0 Å². The minimum absolute atomic E-state index is 0.0815. The first-order chi connectivity index (χ1) is 8.70. The lowest BCUT2D eigenvalue weighted by Crippen LogP contribution is -2.25. The number of carbonyl (C=O) groups excluding carboxylic acids is 1. The molecule has 1 aromatic rings. The summed E-state index contributed by atoms with van der Waals surface area (Å²) >= 11 is 0. The Bertz CT molecular complexity index is 466. The fourth-order valence-electron chi connectivity index (χ4n) is 2.42. The predicted molar refractivity (Wildman–Crippen MR) is 74.3 cm³/mol. The number of allylic oxidation sites excluding steroid dienone is 1. The van der Waals surface area contributed by atoms with Crippen molar-refractivity contribution in [2.75, 3.05) is 13.1 Å². The first-order valence-corrected chi connectivity index (χ1v) is 6.45. The second-order valence-corrected chi connectivity index (χ2v) is 4.74. The third-order valence-electron chi connectivity index (χ3n) is 3.29. The van der Waals surface area contributed by atoms with Gasteiger partial charge in [-0.05, 0) is 42.5 Å². The Labute approximate surface area is 108 Å². The summed E-state index contributed by atoms with van der Waals surface area (Å²) < 4.78 is 0. The van der Waals surface area contributed by atoms with E-state index in [4.69, 9.17) is 5.73 Å². The summed E-state index contributed by atoms with van der Waals surface area (Å²) in [6, 6.07) is 6.85. The van der Waals surface area contributed by atoms with Crippen LogP contribution >= 0.6 is 0 Å². The maximum absolute atomic E-state index is 10.9. The van der Waals surface area contributed by atoms with E-state index in [1.54, 1.807) is 13.0 Å². The van der Waals surface area contributed by atoms with Crippen molar-refractivity contribution in [2.24, 2.45) is 5.73 Å². The van der Waals surface area contributed by atoms with Crippen LogP contribution in [-0.4, -0.2) is 18.9 Å². The largest absolute Gasteiger partial charge is 0.329 e. The normalized spacial score (nSPS) is 18.2. The first-order valence-electron chi connectivity index (χ1n) is 6.45. The van der Waals surface area contributed by atoms with Gasteiger partial charge in [-0.2, -0.15) is 0 Å². The van der Waals surface area contributed by atoms with Crippen LogP contribution in [0.15, 0.2) is 24.3 Å². The van der Waals surface area contributed by atoms with Gasteiger partial charge in [-0.25, -0.2) is 0 Å². The highest BCUT2D eigenvalue weighted by molar-refractivity contribution is 5.91. The molecule has 3 N–H and O–H groups in total. The van der Waals surface area contributed by atoms with Crippen LogP contribution in [0.25, 0.3) is 6.08 Å². The van der Waals surface area contributed by atoms with E-state index in [0.29, 0.717) is 12.6 Å². The lowest BCUT2D eigenvalue weighted by atomic mass is 10.0. The van der Waals surface area contributed by atoms with E-state index in [1.165, 1.54) is 11.1 Å². The number of fused-ring (bicyclic) bond motifs is 1. The van der Waals surface area contributed by atoms with Crippen molar-refractivity contribution in [1.82, 2.24) is 5.32 Å². The van der Waals surface area contributed by atoms with E-state index in [-0.39, 0.29) is 5.78 Å².